The lowest BCUT2D eigenvalue weighted by atomic mass is 10.1. The topological polar surface area (TPSA) is 84.1 Å². The highest BCUT2D eigenvalue weighted by atomic mass is 16.1. The molecule has 6 nitrogen and oxygen atoms in total. The number of aryl methyl sites for hydroxylation is 2. The first-order valence-corrected chi connectivity index (χ1v) is 6.01. The van der Waals surface area contributed by atoms with Crippen molar-refractivity contribution in [2.24, 2.45) is 5.73 Å². The second kappa shape index (κ2) is 5.09. The van der Waals surface area contributed by atoms with Gasteiger partial charge in [0.05, 0.1) is 17.4 Å². The van der Waals surface area contributed by atoms with Gasteiger partial charge in [0.15, 0.2) is 0 Å². The Bertz CT molecular complexity index is 544. The maximum Gasteiger partial charge on any atom is 0.227 e. The van der Waals surface area contributed by atoms with Crippen LogP contribution < -0.4 is 11.1 Å². The van der Waals surface area contributed by atoms with Crippen LogP contribution in [-0.4, -0.2) is 27.3 Å². The third-order valence-corrected chi connectivity index (χ3v) is 2.97. The average Bonchev–Trinajstić information content (AvgIpc) is 2.34. The summed E-state index contributed by atoms with van der Waals surface area (Å²) in [5.74, 6) is 0.506. The van der Waals surface area contributed by atoms with E-state index in [0.717, 1.165) is 23.5 Å². The van der Waals surface area contributed by atoms with E-state index < -0.39 is 0 Å². The minimum Gasteiger partial charge on any atom is -0.399 e. The van der Waals surface area contributed by atoms with Crippen molar-refractivity contribution >= 4 is 12.4 Å². The molecule has 0 bridgehead atoms. The number of aromatic nitrogens is 2. The normalized spacial score (nSPS) is 18.7. The summed E-state index contributed by atoms with van der Waals surface area (Å²) in [4.78, 5) is 20.9. The molecule has 100 valence electrons. The Kier molecular flexibility index (Phi) is 3.50. The summed E-state index contributed by atoms with van der Waals surface area (Å²) in [5.41, 5.74) is 9.09. The Morgan fingerprint density at radius 2 is 2.00 bits per heavy atom. The van der Waals surface area contributed by atoms with Crippen molar-refractivity contribution in [3.8, 4) is 0 Å². The summed E-state index contributed by atoms with van der Waals surface area (Å²) >= 11 is 0. The van der Waals surface area contributed by atoms with Crippen molar-refractivity contribution in [1.82, 2.24) is 14.9 Å². The molecule has 1 unspecified atom stereocenters. The SMILES string of the molecule is Cc1cc(C)nc(NC2=C(N)C(C)N(C=O)C=C2)n1. The van der Waals surface area contributed by atoms with Gasteiger partial charge >= 0.3 is 0 Å². The van der Waals surface area contributed by atoms with Gasteiger partial charge in [0, 0.05) is 17.6 Å². The Hall–Kier alpha value is -2.37. The first kappa shape index (κ1) is 13.1. The highest BCUT2D eigenvalue weighted by Crippen LogP contribution is 2.18. The van der Waals surface area contributed by atoms with E-state index in [2.05, 4.69) is 15.3 Å². The highest BCUT2D eigenvalue weighted by Gasteiger charge is 2.19. The molecule has 1 aromatic heterocycles. The quantitative estimate of drug-likeness (QED) is 0.793. The molecule has 0 saturated carbocycles. The summed E-state index contributed by atoms with van der Waals surface area (Å²) in [5, 5.41) is 3.09. The molecule has 0 fully saturated rings. The number of allylic oxidation sites excluding steroid dienone is 1. The van der Waals surface area contributed by atoms with Crippen LogP contribution in [0.2, 0.25) is 0 Å². The van der Waals surface area contributed by atoms with Crippen LogP contribution in [0.1, 0.15) is 18.3 Å². The van der Waals surface area contributed by atoms with Crippen LogP contribution >= 0.6 is 0 Å². The summed E-state index contributed by atoms with van der Waals surface area (Å²) in [6.45, 7) is 5.67. The molecule has 0 spiro atoms. The van der Waals surface area contributed by atoms with E-state index in [-0.39, 0.29) is 6.04 Å². The van der Waals surface area contributed by atoms with Crippen molar-refractivity contribution in [2.45, 2.75) is 26.8 Å². The predicted molar refractivity (Wildman–Crippen MR) is 72.8 cm³/mol. The Morgan fingerprint density at radius 3 is 2.58 bits per heavy atom. The molecule has 0 saturated heterocycles. The van der Waals surface area contributed by atoms with Gasteiger partial charge in [-0.25, -0.2) is 9.97 Å². The number of anilines is 1. The second-order valence-corrected chi connectivity index (χ2v) is 4.51. The van der Waals surface area contributed by atoms with Crippen LogP contribution in [0.15, 0.2) is 29.7 Å². The third-order valence-electron chi connectivity index (χ3n) is 2.97. The van der Waals surface area contributed by atoms with Gasteiger partial charge in [0.2, 0.25) is 12.4 Å². The summed E-state index contributed by atoms with van der Waals surface area (Å²) < 4.78 is 0. The molecule has 19 heavy (non-hydrogen) atoms. The van der Waals surface area contributed by atoms with Gasteiger partial charge in [-0.05, 0) is 32.9 Å². The number of nitrogens with zero attached hydrogens (tertiary/aromatic N) is 3. The molecule has 6 heteroatoms. The number of nitrogens with one attached hydrogen (secondary N) is 1. The van der Waals surface area contributed by atoms with Crippen LogP contribution in [0.5, 0.6) is 0 Å². The van der Waals surface area contributed by atoms with E-state index in [1.54, 1.807) is 12.3 Å². The Morgan fingerprint density at radius 1 is 1.37 bits per heavy atom. The minimum absolute atomic E-state index is 0.184. The molecular formula is C13H17N5O. The number of carbonyl (C=O) groups excluding carboxylic acids is 1. The Balaban J connectivity index is 2.26. The molecule has 1 atom stereocenters. The van der Waals surface area contributed by atoms with E-state index >= 15 is 0 Å². The largest absolute Gasteiger partial charge is 0.399 e. The summed E-state index contributed by atoms with van der Waals surface area (Å²) in [6.07, 6.45) is 4.17. The fraction of sp³-hybridized carbons (Fsp3) is 0.308. The molecule has 0 aromatic carbocycles. The zero-order valence-electron chi connectivity index (χ0n) is 11.2. The van der Waals surface area contributed by atoms with E-state index in [1.807, 2.05) is 26.8 Å². The fourth-order valence-electron chi connectivity index (χ4n) is 1.91. The average molecular weight is 259 g/mol. The molecule has 1 aromatic rings. The first-order valence-electron chi connectivity index (χ1n) is 6.01. The molecular weight excluding hydrogens is 242 g/mol. The van der Waals surface area contributed by atoms with Gasteiger partial charge < -0.3 is 16.0 Å². The lowest BCUT2D eigenvalue weighted by Gasteiger charge is -2.27. The Labute approximate surface area is 112 Å². The van der Waals surface area contributed by atoms with E-state index in [4.69, 9.17) is 5.73 Å². The third kappa shape index (κ3) is 2.73. The van der Waals surface area contributed by atoms with Crippen molar-refractivity contribution in [2.75, 3.05) is 5.32 Å². The van der Waals surface area contributed by atoms with Crippen molar-refractivity contribution in [3.63, 3.8) is 0 Å². The number of amides is 1. The van der Waals surface area contributed by atoms with Gasteiger partial charge in [-0.15, -0.1) is 0 Å². The maximum absolute atomic E-state index is 10.8. The maximum atomic E-state index is 10.8. The standard InChI is InChI=1S/C13H17N5O/c1-8-6-9(2)16-13(15-8)17-11-4-5-18(7-19)10(3)12(11)14/h4-7,10H,14H2,1-3H3,(H,15,16,17). The second-order valence-electron chi connectivity index (χ2n) is 4.51. The lowest BCUT2D eigenvalue weighted by Crippen LogP contribution is -2.36. The monoisotopic (exact) mass is 259 g/mol. The van der Waals surface area contributed by atoms with Crippen molar-refractivity contribution < 1.29 is 4.79 Å². The molecule has 0 aliphatic carbocycles. The van der Waals surface area contributed by atoms with E-state index in [9.17, 15) is 4.79 Å². The number of hydrogen-bond donors (Lipinski definition) is 2. The molecule has 1 aliphatic rings. The van der Waals surface area contributed by atoms with Gasteiger partial charge in [-0.1, -0.05) is 0 Å². The van der Waals surface area contributed by atoms with Gasteiger partial charge in [0.25, 0.3) is 0 Å². The lowest BCUT2D eigenvalue weighted by molar-refractivity contribution is -0.116. The number of rotatable bonds is 3. The van der Waals surface area contributed by atoms with E-state index in [1.165, 1.54) is 4.90 Å². The van der Waals surface area contributed by atoms with Gasteiger partial charge in [-0.3, -0.25) is 4.79 Å². The van der Waals surface area contributed by atoms with Gasteiger partial charge in [0.1, 0.15) is 0 Å². The van der Waals surface area contributed by atoms with Crippen molar-refractivity contribution in [1.29, 1.82) is 0 Å². The molecule has 2 rings (SSSR count). The van der Waals surface area contributed by atoms with Gasteiger partial charge in [-0.2, -0.15) is 0 Å². The smallest absolute Gasteiger partial charge is 0.227 e. The van der Waals surface area contributed by atoms with Crippen LogP contribution in [0, 0.1) is 13.8 Å². The number of nitrogens with two attached hydrogens (primary N) is 1. The first-order chi connectivity index (χ1) is 9.01. The molecule has 1 amide bonds. The minimum atomic E-state index is -0.184. The van der Waals surface area contributed by atoms with E-state index in [0.29, 0.717) is 11.6 Å². The van der Waals surface area contributed by atoms with Crippen LogP contribution in [-0.2, 0) is 4.79 Å². The molecule has 0 radical (unpaired) electrons. The molecule has 2 heterocycles. The summed E-state index contributed by atoms with van der Waals surface area (Å²) in [7, 11) is 0. The van der Waals surface area contributed by atoms with Crippen LogP contribution in [0.3, 0.4) is 0 Å². The molecule has 1 aliphatic heterocycles. The van der Waals surface area contributed by atoms with Crippen LogP contribution in [0.25, 0.3) is 0 Å². The zero-order valence-corrected chi connectivity index (χ0v) is 11.2. The fourth-order valence-corrected chi connectivity index (χ4v) is 1.91. The predicted octanol–water partition coefficient (Wildman–Crippen LogP) is 1.05. The molecule has 3 N–H and O–H groups in total. The highest BCUT2D eigenvalue weighted by molar-refractivity contribution is 5.55. The summed E-state index contributed by atoms with van der Waals surface area (Å²) in [6, 6.07) is 1.71. The van der Waals surface area contributed by atoms with Crippen LogP contribution in [0.4, 0.5) is 5.95 Å². The van der Waals surface area contributed by atoms with Crippen molar-refractivity contribution in [3.05, 3.63) is 41.1 Å². The number of hydrogen-bond acceptors (Lipinski definition) is 5. The zero-order chi connectivity index (χ0) is 14.0. The number of carbonyl (C=O) groups is 1.